The van der Waals surface area contributed by atoms with Crippen molar-refractivity contribution in [1.29, 1.82) is 0 Å². The van der Waals surface area contributed by atoms with Gasteiger partial charge in [0, 0.05) is 6.42 Å². The van der Waals surface area contributed by atoms with Crippen molar-refractivity contribution in [3.05, 3.63) is 0 Å². The van der Waals surface area contributed by atoms with E-state index < -0.39 is 5.54 Å². The number of carbonyl (C=O) groups excluding carboxylic acids is 1. The quantitative estimate of drug-likeness (QED) is 0.727. The number of carbonyl (C=O) groups is 1. The van der Waals surface area contributed by atoms with Crippen LogP contribution in [0.1, 0.15) is 58.8 Å². The lowest BCUT2D eigenvalue weighted by molar-refractivity contribution is -0.122. The highest BCUT2D eigenvalue weighted by Gasteiger charge is 2.19. The molecule has 1 fully saturated rings. The molecule has 0 aliphatic heterocycles. The molecule has 0 radical (unpaired) electrons. The normalized spacial score (nSPS) is 17.8. The predicted octanol–water partition coefficient (Wildman–Crippen LogP) is 2.87. The molecule has 0 unspecified atom stereocenters. The third-order valence-electron chi connectivity index (χ3n) is 3.32. The Morgan fingerprint density at radius 3 is 2.56 bits per heavy atom. The van der Waals surface area contributed by atoms with Gasteiger partial charge in [-0.15, -0.1) is 6.42 Å². The summed E-state index contributed by atoms with van der Waals surface area (Å²) < 4.78 is 0. The molecule has 0 bridgehead atoms. The Hall–Kier alpha value is -0.970. The van der Waals surface area contributed by atoms with E-state index in [1.165, 1.54) is 32.1 Å². The highest BCUT2D eigenvalue weighted by molar-refractivity contribution is 5.77. The molecule has 1 aliphatic carbocycles. The minimum Gasteiger partial charge on any atom is -0.340 e. The molecular weight excluding hydrogens is 198 g/mol. The van der Waals surface area contributed by atoms with Crippen molar-refractivity contribution in [2.75, 3.05) is 0 Å². The Kier molecular flexibility index (Phi) is 4.86. The minimum absolute atomic E-state index is 0.0912. The maximum atomic E-state index is 11.7. The van der Waals surface area contributed by atoms with Crippen LogP contribution in [0.15, 0.2) is 0 Å². The van der Waals surface area contributed by atoms with E-state index in [1.54, 1.807) is 0 Å². The predicted molar refractivity (Wildman–Crippen MR) is 66.9 cm³/mol. The van der Waals surface area contributed by atoms with E-state index in [1.807, 2.05) is 13.8 Å². The molecule has 1 aliphatic rings. The molecule has 0 atom stereocenters. The third kappa shape index (κ3) is 4.70. The molecule has 1 saturated carbocycles. The monoisotopic (exact) mass is 221 g/mol. The van der Waals surface area contributed by atoms with Gasteiger partial charge in [0.25, 0.3) is 0 Å². The summed E-state index contributed by atoms with van der Waals surface area (Å²) >= 11 is 0. The van der Waals surface area contributed by atoms with Crippen LogP contribution in [0.2, 0.25) is 0 Å². The summed E-state index contributed by atoms with van der Waals surface area (Å²) in [5.41, 5.74) is -0.510. The fourth-order valence-electron chi connectivity index (χ4n) is 2.26. The van der Waals surface area contributed by atoms with Gasteiger partial charge < -0.3 is 5.32 Å². The Morgan fingerprint density at radius 2 is 2.00 bits per heavy atom. The molecule has 90 valence electrons. The molecule has 0 spiro atoms. The van der Waals surface area contributed by atoms with Crippen LogP contribution in [0.5, 0.6) is 0 Å². The van der Waals surface area contributed by atoms with E-state index in [0.717, 1.165) is 12.3 Å². The number of nitrogens with one attached hydrogen (secondary N) is 1. The molecule has 16 heavy (non-hydrogen) atoms. The van der Waals surface area contributed by atoms with E-state index in [2.05, 4.69) is 11.2 Å². The van der Waals surface area contributed by atoms with Gasteiger partial charge in [-0.1, -0.05) is 38.0 Å². The lowest BCUT2D eigenvalue weighted by atomic mass is 9.86. The molecule has 1 rings (SSSR count). The lowest BCUT2D eigenvalue weighted by Crippen LogP contribution is -2.42. The number of hydrogen-bond acceptors (Lipinski definition) is 1. The lowest BCUT2D eigenvalue weighted by Gasteiger charge is -2.23. The molecule has 2 heteroatoms. The Bertz CT molecular complexity index is 269. The Balaban J connectivity index is 2.22. The summed E-state index contributed by atoms with van der Waals surface area (Å²) in [4.78, 5) is 11.7. The van der Waals surface area contributed by atoms with Gasteiger partial charge in [-0.05, 0) is 26.2 Å². The first-order valence-corrected chi connectivity index (χ1v) is 6.32. The maximum Gasteiger partial charge on any atom is 0.221 e. The van der Waals surface area contributed by atoms with Crippen molar-refractivity contribution in [2.45, 2.75) is 64.3 Å². The van der Waals surface area contributed by atoms with Crippen molar-refractivity contribution >= 4 is 5.91 Å². The number of amides is 1. The number of hydrogen-bond donors (Lipinski definition) is 1. The second-order valence-corrected chi connectivity index (χ2v) is 5.36. The zero-order valence-electron chi connectivity index (χ0n) is 10.5. The fraction of sp³-hybridized carbons (Fsp3) is 0.786. The topological polar surface area (TPSA) is 29.1 Å². The van der Waals surface area contributed by atoms with Crippen LogP contribution in [-0.4, -0.2) is 11.4 Å². The van der Waals surface area contributed by atoms with Crippen LogP contribution in [0.3, 0.4) is 0 Å². The third-order valence-corrected chi connectivity index (χ3v) is 3.32. The van der Waals surface area contributed by atoms with Crippen LogP contribution >= 0.6 is 0 Å². The summed E-state index contributed by atoms with van der Waals surface area (Å²) in [6.07, 6.45) is 13.6. The molecular formula is C14H23NO. The first-order valence-electron chi connectivity index (χ1n) is 6.32. The second kappa shape index (κ2) is 5.94. The van der Waals surface area contributed by atoms with Crippen molar-refractivity contribution < 1.29 is 4.79 Å². The summed E-state index contributed by atoms with van der Waals surface area (Å²) in [6.45, 7) is 3.71. The molecule has 0 aromatic rings. The summed E-state index contributed by atoms with van der Waals surface area (Å²) in [6, 6.07) is 0. The average molecular weight is 221 g/mol. The zero-order valence-corrected chi connectivity index (χ0v) is 10.5. The van der Waals surface area contributed by atoms with Gasteiger partial charge in [0.05, 0.1) is 5.54 Å². The van der Waals surface area contributed by atoms with E-state index in [4.69, 9.17) is 6.42 Å². The fourth-order valence-corrected chi connectivity index (χ4v) is 2.26. The van der Waals surface area contributed by atoms with Gasteiger partial charge in [0.2, 0.25) is 5.91 Å². The second-order valence-electron chi connectivity index (χ2n) is 5.36. The van der Waals surface area contributed by atoms with Crippen LogP contribution in [-0.2, 0) is 4.79 Å². The van der Waals surface area contributed by atoms with Gasteiger partial charge >= 0.3 is 0 Å². The van der Waals surface area contributed by atoms with Crippen molar-refractivity contribution in [3.8, 4) is 12.3 Å². The number of terminal acetylenes is 1. The standard InChI is InChI=1S/C14H23NO/c1-4-14(2,3)15-13(16)11-10-12-8-6-5-7-9-12/h1,12H,5-11H2,2-3H3,(H,15,16). The van der Waals surface area contributed by atoms with Gasteiger partial charge in [-0.25, -0.2) is 0 Å². The van der Waals surface area contributed by atoms with E-state index >= 15 is 0 Å². The molecule has 0 heterocycles. The largest absolute Gasteiger partial charge is 0.340 e. The van der Waals surface area contributed by atoms with Crippen LogP contribution in [0.25, 0.3) is 0 Å². The summed E-state index contributed by atoms with van der Waals surface area (Å²) in [5.74, 6) is 3.43. The zero-order chi connectivity index (χ0) is 12.0. The summed E-state index contributed by atoms with van der Waals surface area (Å²) in [5, 5.41) is 2.87. The van der Waals surface area contributed by atoms with E-state index in [9.17, 15) is 4.79 Å². The smallest absolute Gasteiger partial charge is 0.221 e. The molecule has 0 saturated heterocycles. The van der Waals surface area contributed by atoms with Gasteiger partial charge in [-0.2, -0.15) is 0 Å². The molecule has 2 nitrogen and oxygen atoms in total. The Labute approximate surface area is 99.2 Å². The van der Waals surface area contributed by atoms with Crippen molar-refractivity contribution in [1.82, 2.24) is 5.32 Å². The maximum absolute atomic E-state index is 11.7. The molecule has 1 N–H and O–H groups in total. The van der Waals surface area contributed by atoms with E-state index in [0.29, 0.717) is 6.42 Å². The highest BCUT2D eigenvalue weighted by atomic mass is 16.1. The van der Waals surface area contributed by atoms with Crippen LogP contribution in [0.4, 0.5) is 0 Å². The SMILES string of the molecule is C#CC(C)(C)NC(=O)CCC1CCCCC1. The first kappa shape index (κ1) is 13.1. The molecule has 1 amide bonds. The van der Waals surface area contributed by atoms with E-state index in [-0.39, 0.29) is 5.91 Å². The number of rotatable bonds is 4. The van der Waals surface area contributed by atoms with Gasteiger partial charge in [-0.3, -0.25) is 4.79 Å². The van der Waals surface area contributed by atoms with Gasteiger partial charge in [0.15, 0.2) is 0 Å². The van der Waals surface area contributed by atoms with Crippen LogP contribution in [0, 0.1) is 18.3 Å². The molecule has 0 aromatic carbocycles. The minimum atomic E-state index is -0.510. The average Bonchev–Trinajstić information content (AvgIpc) is 2.27. The Morgan fingerprint density at radius 1 is 1.38 bits per heavy atom. The van der Waals surface area contributed by atoms with Gasteiger partial charge in [0.1, 0.15) is 0 Å². The highest BCUT2D eigenvalue weighted by Crippen LogP contribution is 2.27. The van der Waals surface area contributed by atoms with Crippen LogP contribution < -0.4 is 5.32 Å². The molecule has 0 aromatic heterocycles. The van der Waals surface area contributed by atoms with Crippen molar-refractivity contribution in [3.63, 3.8) is 0 Å². The summed E-state index contributed by atoms with van der Waals surface area (Å²) in [7, 11) is 0. The first-order chi connectivity index (χ1) is 7.53. The van der Waals surface area contributed by atoms with Crippen molar-refractivity contribution in [2.24, 2.45) is 5.92 Å².